The van der Waals surface area contributed by atoms with Crippen LogP contribution in [0.5, 0.6) is 0 Å². The summed E-state index contributed by atoms with van der Waals surface area (Å²) < 4.78 is 0. The first-order chi connectivity index (χ1) is 10.1. The average Bonchev–Trinajstić information content (AvgIpc) is 2.49. The largest absolute Gasteiger partial charge is 0.481 e. The Bertz CT molecular complexity index is 466. The Morgan fingerprint density at radius 2 is 1.95 bits per heavy atom. The van der Waals surface area contributed by atoms with Crippen molar-refractivity contribution in [2.45, 2.75) is 58.4 Å². The summed E-state index contributed by atoms with van der Waals surface area (Å²) in [6, 6.07) is 8.72. The van der Waals surface area contributed by atoms with Crippen LogP contribution in [0.15, 0.2) is 24.3 Å². The molecule has 0 heterocycles. The molecule has 1 unspecified atom stereocenters. The molecule has 0 radical (unpaired) electrons. The molecule has 0 saturated heterocycles. The highest BCUT2D eigenvalue weighted by atomic mass is 16.4. The van der Waals surface area contributed by atoms with Gasteiger partial charge < -0.3 is 10.0 Å². The molecule has 1 aliphatic carbocycles. The standard InChI is InChI=1S/C18H27NO2/c1-14-8-6-7-11-17(14)19(13-12-18(20)21)15(2)16-9-4-3-5-10-16/h6-8,11,15-16H,3-5,9-10,12-13H2,1-2H3,(H,20,21). The van der Waals surface area contributed by atoms with Crippen LogP contribution in [-0.4, -0.2) is 23.7 Å². The van der Waals surface area contributed by atoms with Crippen molar-refractivity contribution in [3.05, 3.63) is 29.8 Å². The van der Waals surface area contributed by atoms with Gasteiger partial charge in [-0.05, 0) is 44.2 Å². The lowest BCUT2D eigenvalue weighted by molar-refractivity contribution is -0.136. The zero-order valence-corrected chi connectivity index (χ0v) is 13.2. The summed E-state index contributed by atoms with van der Waals surface area (Å²) in [6.07, 6.45) is 6.73. The minimum Gasteiger partial charge on any atom is -0.481 e. The minimum absolute atomic E-state index is 0.200. The van der Waals surface area contributed by atoms with Crippen molar-refractivity contribution in [3.63, 3.8) is 0 Å². The molecule has 3 nitrogen and oxygen atoms in total. The van der Waals surface area contributed by atoms with Crippen molar-refractivity contribution >= 4 is 11.7 Å². The zero-order valence-electron chi connectivity index (χ0n) is 13.2. The quantitative estimate of drug-likeness (QED) is 0.851. The average molecular weight is 289 g/mol. The number of anilines is 1. The minimum atomic E-state index is -0.718. The van der Waals surface area contributed by atoms with Gasteiger partial charge in [0.2, 0.25) is 0 Å². The van der Waals surface area contributed by atoms with Gasteiger partial charge in [0, 0.05) is 18.3 Å². The van der Waals surface area contributed by atoms with E-state index in [1.807, 2.05) is 12.1 Å². The highest BCUT2D eigenvalue weighted by Crippen LogP contribution is 2.32. The molecule has 0 amide bonds. The van der Waals surface area contributed by atoms with Gasteiger partial charge in [0.05, 0.1) is 6.42 Å². The maximum absolute atomic E-state index is 11.0. The van der Waals surface area contributed by atoms with E-state index in [0.717, 1.165) is 0 Å². The normalized spacial score (nSPS) is 17.4. The van der Waals surface area contributed by atoms with Crippen LogP contribution in [0.1, 0.15) is 51.0 Å². The van der Waals surface area contributed by atoms with E-state index in [-0.39, 0.29) is 6.42 Å². The first kappa shape index (κ1) is 15.9. The maximum atomic E-state index is 11.0. The number of hydrogen-bond acceptors (Lipinski definition) is 2. The number of carboxylic acid groups (broad SMARTS) is 1. The molecule has 1 N–H and O–H groups in total. The summed E-state index contributed by atoms with van der Waals surface area (Å²) in [5.74, 6) is -0.0309. The Morgan fingerprint density at radius 3 is 2.57 bits per heavy atom. The third-order valence-electron chi connectivity index (χ3n) is 4.82. The van der Waals surface area contributed by atoms with Crippen LogP contribution in [0.25, 0.3) is 0 Å². The zero-order chi connectivity index (χ0) is 15.2. The summed E-state index contributed by atoms with van der Waals surface area (Å²) in [6.45, 7) is 4.97. The molecule has 1 aromatic rings. The van der Waals surface area contributed by atoms with Crippen molar-refractivity contribution in [2.24, 2.45) is 5.92 Å². The number of rotatable bonds is 6. The van der Waals surface area contributed by atoms with Gasteiger partial charge in [0.25, 0.3) is 0 Å². The van der Waals surface area contributed by atoms with Crippen molar-refractivity contribution < 1.29 is 9.90 Å². The van der Waals surface area contributed by atoms with Crippen molar-refractivity contribution in [1.82, 2.24) is 0 Å². The number of aliphatic carboxylic acids is 1. The second-order valence-corrected chi connectivity index (χ2v) is 6.26. The second-order valence-electron chi connectivity index (χ2n) is 6.26. The number of carboxylic acids is 1. The molecule has 1 aliphatic rings. The third kappa shape index (κ3) is 4.23. The second kappa shape index (κ2) is 7.48. The van der Waals surface area contributed by atoms with E-state index in [0.29, 0.717) is 18.5 Å². The Hall–Kier alpha value is -1.51. The topological polar surface area (TPSA) is 40.5 Å². The molecule has 0 bridgehead atoms. The van der Waals surface area contributed by atoms with E-state index in [1.165, 1.54) is 43.4 Å². The van der Waals surface area contributed by atoms with Gasteiger partial charge >= 0.3 is 5.97 Å². The number of hydrogen-bond donors (Lipinski definition) is 1. The first-order valence-corrected chi connectivity index (χ1v) is 8.13. The van der Waals surface area contributed by atoms with Gasteiger partial charge in [0.1, 0.15) is 0 Å². The lowest BCUT2D eigenvalue weighted by atomic mass is 9.83. The van der Waals surface area contributed by atoms with Gasteiger partial charge in [-0.3, -0.25) is 4.79 Å². The van der Waals surface area contributed by atoms with Crippen molar-refractivity contribution in [1.29, 1.82) is 0 Å². The van der Waals surface area contributed by atoms with E-state index in [9.17, 15) is 4.79 Å². The molecule has 0 aliphatic heterocycles. The van der Waals surface area contributed by atoms with Crippen LogP contribution in [0, 0.1) is 12.8 Å². The SMILES string of the molecule is Cc1ccccc1N(CCC(=O)O)C(C)C1CCCCC1. The molecule has 21 heavy (non-hydrogen) atoms. The van der Waals surface area contributed by atoms with Gasteiger partial charge in [-0.2, -0.15) is 0 Å². The first-order valence-electron chi connectivity index (χ1n) is 8.13. The Kier molecular flexibility index (Phi) is 5.66. The molecular formula is C18H27NO2. The number of carbonyl (C=O) groups is 1. The van der Waals surface area contributed by atoms with E-state index < -0.39 is 5.97 Å². The van der Waals surface area contributed by atoms with Crippen molar-refractivity contribution in [2.75, 3.05) is 11.4 Å². The van der Waals surface area contributed by atoms with E-state index in [4.69, 9.17) is 5.11 Å². The summed E-state index contributed by atoms with van der Waals surface area (Å²) >= 11 is 0. The van der Waals surface area contributed by atoms with E-state index in [1.54, 1.807) is 0 Å². The smallest absolute Gasteiger partial charge is 0.305 e. The molecule has 0 spiro atoms. The van der Waals surface area contributed by atoms with Crippen LogP contribution >= 0.6 is 0 Å². The molecule has 116 valence electrons. The number of benzene rings is 1. The molecule has 1 aromatic carbocycles. The number of aryl methyl sites for hydroxylation is 1. The van der Waals surface area contributed by atoms with Gasteiger partial charge in [-0.25, -0.2) is 0 Å². The fraction of sp³-hybridized carbons (Fsp3) is 0.611. The van der Waals surface area contributed by atoms with E-state index >= 15 is 0 Å². The van der Waals surface area contributed by atoms with Crippen molar-refractivity contribution in [3.8, 4) is 0 Å². The highest BCUT2D eigenvalue weighted by Gasteiger charge is 2.26. The number of para-hydroxylation sites is 1. The summed E-state index contributed by atoms with van der Waals surface area (Å²) in [7, 11) is 0. The predicted octanol–water partition coefficient (Wildman–Crippen LogP) is 4.24. The lowest BCUT2D eigenvalue weighted by Gasteiger charge is -2.38. The van der Waals surface area contributed by atoms with Crippen LogP contribution in [0.4, 0.5) is 5.69 Å². The summed E-state index contributed by atoms with van der Waals surface area (Å²) in [5, 5.41) is 9.04. The number of nitrogens with zero attached hydrogens (tertiary/aromatic N) is 1. The fourth-order valence-electron chi connectivity index (χ4n) is 3.52. The van der Waals surface area contributed by atoms with Gasteiger partial charge in [-0.1, -0.05) is 37.5 Å². The van der Waals surface area contributed by atoms with Crippen LogP contribution in [0.2, 0.25) is 0 Å². The van der Waals surface area contributed by atoms with Gasteiger partial charge in [-0.15, -0.1) is 0 Å². The fourth-order valence-corrected chi connectivity index (χ4v) is 3.52. The third-order valence-corrected chi connectivity index (χ3v) is 4.82. The Labute approximate surface area is 128 Å². The predicted molar refractivity (Wildman–Crippen MR) is 86.8 cm³/mol. The Balaban J connectivity index is 2.18. The highest BCUT2D eigenvalue weighted by molar-refractivity contribution is 5.68. The van der Waals surface area contributed by atoms with Crippen LogP contribution < -0.4 is 4.90 Å². The van der Waals surface area contributed by atoms with Gasteiger partial charge in [0.15, 0.2) is 0 Å². The molecule has 1 saturated carbocycles. The Morgan fingerprint density at radius 1 is 1.29 bits per heavy atom. The molecule has 0 aromatic heterocycles. The van der Waals surface area contributed by atoms with Crippen LogP contribution in [0.3, 0.4) is 0 Å². The molecule has 3 heteroatoms. The van der Waals surface area contributed by atoms with Crippen LogP contribution in [-0.2, 0) is 4.79 Å². The molecular weight excluding hydrogens is 262 g/mol. The molecule has 2 rings (SSSR count). The summed E-state index contributed by atoms with van der Waals surface area (Å²) in [4.78, 5) is 13.3. The summed E-state index contributed by atoms with van der Waals surface area (Å²) in [5.41, 5.74) is 2.42. The van der Waals surface area contributed by atoms with E-state index in [2.05, 4.69) is 30.9 Å². The lowest BCUT2D eigenvalue weighted by Crippen LogP contribution is -2.41. The maximum Gasteiger partial charge on any atom is 0.305 e. The molecule has 1 fully saturated rings. The molecule has 1 atom stereocenters. The monoisotopic (exact) mass is 289 g/mol.